The van der Waals surface area contributed by atoms with Gasteiger partial charge in [0.2, 0.25) is 5.89 Å². The predicted octanol–water partition coefficient (Wildman–Crippen LogP) is 0.221. The molecule has 3 rings (SSSR count). The van der Waals surface area contributed by atoms with Crippen molar-refractivity contribution < 1.29 is 9.32 Å². The number of hydrogen-bond acceptors (Lipinski definition) is 7. The van der Waals surface area contributed by atoms with Crippen LogP contribution < -0.4 is 4.90 Å². The van der Waals surface area contributed by atoms with Crippen LogP contribution in [0.4, 0.5) is 5.95 Å². The summed E-state index contributed by atoms with van der Waals surface area (Å²) in [4.78, 5) is 20.4. The minimum atomic E-state index is -0.191. The van der Waals surface area contributed by atoms with Gasteiger partial charge in [-0.2, -0.15) is 16.7 Å². The Hall–Kier alpha value is -1.08. The summed E-state index contributed by atoms with van der Waals surface area (Å²) in [5.41, 5.74) is 0. The molecule has 0 aromatic carbocycles. The zero-order chi connectivity index (χ0) is 12.5. The summed E-state index contributed by atoms with van der Waals surface area (Å²) in [7, 11) is 2.10. The van der Waals surface area contributed by atoms with Gasteiger partial charge in [0.25, 0.3) is 5.95 Å². The number of carbonyl (C=O) groups is 1. The molecule has 0 spiro atoms. The molecule has 18 heavy (non-hydrogen) atoms. The molecule has 0 bridgehead atoms. The van der Waals surface area contributed by atoms with Crippen molar-refractivity contribution in [2.24, 2.45) is 0 Å². The molecule has 1 aromatic rings. The van der Waals surface area contributed by atoms with Gasteiger partial charge in [0.1, 0.15) is 5.92 Å². The van der Waals surface area contributed by atoms with E-state index >= 15 is 0 Å². The Morgan fingerprint density at radius 3 is 2.78 bits per heavy atom. The number of carbonyl (C=O) groups excluding carboxylic acids is 1. The lowest BCUT2D eigenvalue weighted by Gasteiger charge is -2.31. The Morgan fingerprint density at radius 1 is 1.33 bits per heavy atom. The van der Waals surface area contributed by atoms with Crippen LogP contribution in [0.25, 0.3) is 0 Å². The van der Waals surface area contributed by atoms with Crippen molar-refractivity contribution in [1.29, 1.82) is 0 Å². The molecule has 0 N–H and O–H groups in total. The standard InChI is InChI=1S/C11H16N4O2S/c1-14-2-4-15(5-3-14)11-12-10(17-13-11)8-6-18-7-9(8)16/h8H,2-7H2,1H3. The number of hydrogen-bond donors (Lipinski definition) is 0. The summed E-state index contributed by atoms with van der Waals surface area (Å²) in [5.74, 6) is 2.46. The lowest BCUT2D eigenvalue weighted by atomic mass is 10.1. The number of aromatic nitrogens is 2. The van der Waals surface area contributed by atoms with E-state index in [1.807, 2.05) is 0 Å². The van der Waals surface area contributed by atoms with E-state index in [1.165, 1.54) is 0 Å². The maximum Gasteiger partial charge on any atom is 0.266 e. The molecule has 0 saturated carbocycles. The highest BCUT2D eigenvalue weighted by Gasteiger charge is 2.32. The molecule has 0 radical (unpaired) electrons. The molecular weight excluding hydrogens is 252 g/mol. The van der Waals surface area contributed by atoms with Gasteiger partial charge in [0, 0.05) is 31.9 Å². The maximum atomic E-state index is 11.6. The van der Waals surface area contributed by atoms with Crippen LogP contribution in [0.1, 0.15) is 11.8 Å². The first-order valence-corrected chi connectivity index (χ1v) is 7.27. The average molecular weight is 268 g/mol. The fourth-order valence-corrected chi connectivity index (χ4v) is 3.27. The number of piperazine rings is 1. The molecule has 1 atom stereocenters. The molecule has 1 unspecified atom stereocenters. The number of likely N-dealkylation sites (N-methyl/N-ethyl adjacent to an activating group) is 1. The number of Topliss-reactive ketones (excluding diaryl/α,β-unsaturated/α-hetero) is 1. The second-order valence-electron chi connectivity index (χ2n) is 4.76. The highest BCUT2D eigenvalue weighted by Crippen LogP contribution is 2.29. The lowest BCUT2D eigenvalue weighted by molar-refractivity contribution is -0.117. The van der Waals surface area contributed by atoms with Crippen LogP contribution in [-0.4, -0.2) is 65.6 Å². The predicted molar refractivity (Wildman–Crippen MR) is 69.1 cm³/mol. The van der Waals surface area contributed by atoms with Crippen molar-refractivity contribution in [3.8, 4) is 0 Å². The van der Waals surface area contributed by atoms with Gasteiger partial charge in [0.15, 0.2) is 5.78 Å². The molecule has 2 saturated heterocycles. The molecule has 0 amide bonds. The van der Waals surface area contributed by atoms with Crippen LogP contribution in [0.5, 0.6) is 0 Å². The molecule has 98 valence electrons. The second kappa shape index (κ2) is 4.89. The molecule has 1 aromatic heterocycles. The van der Waals surface area contributed by atoms with E-state index in [1.54, 1.807) is 11.8 Å². The van der Waals surface area contributed by atoms with Gasteiger partial charge >= 0.3 is 0 Å². The third-order valence-corrected chi connectivity index (χ3v) is 4.49. The molecule has 2 aliphatic heterocycles. The molecule has 3 heterocycles. The monoisotopic (exact) mass is 268 g/mol. The Labute approximate surface area is 110 Å². The highest BCUT2D eigenvalue weighted by atomic mass is 32.2. The van der Waals surface area contributed by atoms with E-state index in [-0.39, 0.29) is 11.7 Å². The molecule has 2 fully saturated rings. The highest BCUT2D eigenvalue weighted by molar-refractivity contribution is 8.00. The van der Waals surface area contributed by atoms with Gasteiger partial charge in [-0.1, -0.05) is 0 Å². The van der Waals surface area contributed by atoms with Crippen LogP contribution in [0, 0.1) is 0 Å². The molecule has 2 aliphatic rings. The minimum absolute atomic E-state index is 0.191. The van der Waals surface area contributed by atoms with E-state index in [4.69, 9.17) is 4.52 Å². The van der Waals surface area contributed by atoms with E-state index in [2.05, 4.69) is 27.0 Å². The normalized spacial score (nSPS) is 25.9. The van der Waals surface area contributed by atoms with Crippen molar-refractivity contribution >= 4 is 23.5 Å². The van der Waals surface area contributed by atoms with Gasteiger partial charge in [-0.25, -0.2) is 0 Å². The van der Waals surface area contributed by atoms with Crippen molar-refractivity contribution in [1.82, 2.24) is 15.0 Å². The van der Waals surface area contributed by atoms with E-state index < -0.39 is 0 Å². The van der Waals surface area contributed by atoms with Gasteiger partial charge in [-0.3, -0.25) is 4.79 Å². The third kappa shape index (κ3) is 2.24. The quantitative estimate of drug-likeness (QED) is 0.760. The molecule has 7 heteroatoms. The first-order chi connectivity index (χ1) is 8.74. The van der Waals surface area contributed by atoms with Crippen LogP contribution >= 0.6 is 11.8 Å². The molecule has 6 nitrogen and oxygen atoms in total. The number of rotatable bonds is 2. The summed E-state index contributed by atoms with van der Waals surface area (Å²) in [6.07, 6.45) is 0. The second-order valence-corrected chi connectivity index (χ2v) is 5.79. The van der Waals surface area contributed by atoms with Crippen molar-refractivity contribution in [3.05, 3.63) is 5.89 Å². The Bertz CT molecular complexity index is 442. The van der Waals surface area contributed by atoms with Gasteiger partial charge in [-0.15, -0.1) is 0 Å². The number of ketones is 1. The van der Waals surface area contributed by atoms with Crippen LogP contribution in [0.15, 0.2) is 4.52 Å². The summed E-state index contributed by atoms with van der Waals surface area (Å²) >= 11 is 1.63. The van der Waals surface area contributed by atoms with Crippen LogP contribution in [0.2, 0.25) is 0 Å². The minimum Gasteiger partial charge on any atom is -0.337 e. The van der Waals surface area contributed by atoms with Crippen molar-refractivity contribution in [3.63, 3.8) is 0 Å². The summed E-state index contributed by atoms with van der Waals surface area (Å²) in [6.45, 7) is 3.82. The SMILES string of the molecule is CN1CCN(c2noc(C3CSCC3=O)n2)CC1. The Balaban J connectivity index is 1.71. The van der Waals surface area contributed by atoms with Crippen LogP contribution in [-0.2, 0) is 4.79 Å². The van der Waals surface area contributed by atoms with Crippen molar-refractivity contribution in [2.45, 2.75) is 5.92 Å². The van der Waals surface area contributed by atoms with Gasteiger partial charge in [-0.05, 0) is 12.2 Å². The van der Waals surface area contributed by atoms with E-state index in [0.29, 0.717) is 17.6 Å². The Kier molecular flexibility index (Phi) is 3.25. The van der Waals surface area contributed by atoms with Crippen molar-refractivity contribution in [2.75, 3.05) is 49.6 Å². The Morgan fingerprint density at radius 2 is 2.11 bits per heavy atom. The molecular formula is C11H16N4O2S. The molecule has 0 aliphatic carbocycles. The van der Waals surface area contributed by atoms with Gasteiger partial charge in [0.05, 0.1) is 5.75 Å². The number of thioether (sulfide) groups is 1. The lowest BCUT2D eigenvalue weighted by Crippen LogP contribution is -2.44. The average Bonchev–Trinajstić information content (AvgIpc) is 2.98. The smallest absolute Gasteiger partial charge is 0.266 e. The van der Waals surface area contributed by atoms with E-state index in [9.17, 15) is 4.79 Å². The zero-order valence-corrected chi connectivity index (χ0v) is 11.2. The summed E-state index contributed by atoms with van der Waals surface area (Å²) < 4.78 is 5.25. The summed E-state index contributed by atoms with van der Waals surface area (Å²) in [6, 6.07) is 0. The number of anilines is 1. The van der Waals surface area contributed by atoms with E-state index in [0.717, 1.165) is 31.9 Å². The maximum absolute atomic E-state index is 11.6. The summed E-state index contributed by atoms with van der Waals surface area (Å²) in [5, 5.41) is 4.00. The number of nitrogens with zero attached hydrogens (tertiary/aromatic N) is 4. The van der Waals surface area contributed by atoms with Crippen LogP contribution in [0.3, 0.4) is 0 Å². The first-order valence-electron chi connectivity index (χ1n) is 6.11. The first kappa shape index (κ1) is 12.0. The van der Waals surface area contributed by atoms with Gasteiger partial charge < -0.3 is 14.3 Å². The zero-order valence-electron chi connectivity index (χ0n) is 10.3. The fourth-order valence-electron chi connectivity index (χ4n) is 2.18. The third-order valence-electron chi connectivity index (χ3n) is 3.43. The largest absolute Gasteiger partial charge is 0.337 e. The topological polar surface area (TPSA) is 62.5 Å². The fraction of sp³-hybridized carbons (Fsp3) is 0.727.